The van der Waals surface area contributed by atoms with Crippen LogP contribution in [0.1, 0.15) is 44.1 Å². The molecule has 0 aliphatic carbocycles. The van der Waals surface area contributed by atoms with Gasteiger partial charge in [-0.3, -0.25) is 9.36 Å². The summed E-state index contributed by atoms with van der Waals surface area (Å²) < 4.78 is 24.6. The Hall–Kier alpha value is -3.73. The standard InChI is InChI=1S/C31H29ClN2O6S2/c1-5-7-23-27(30(36)39-6-2)28(22-16-19(37-3)10-14-24(22)38-4)34-29(35)25(42-31(34)33-23)17-20-11-15-26(40-20)41-21-12-8-18(32)9-13-21/h8-17,28H,5-7H2,1-4H3/b25-17+/t28-/m1/s1. The maximum Gasteiger partial charge on any atom is 0.338 e. The smallest absolute Gasteiger partial charge is 0.338 e. The first-order valence-electron chi connectivity index (χ1n) is 13.3. The van der Waals surface area contributed by atoms with Crippen LogP contribution in [-0.2, 0) is 9.53 Å². The van der Waals surface area contributed by atoms with E-state index in [-0.39, 0.29) is 12.2 Å². The van der Waals surface area contributed by atoms with Crippen LogP contribution in [0, 0.1) is 0 Å². The van der Waals surface area contributed by atoms with E-state index in [2.05, 4.69) is 0 Å². The molecular formula is C31H29ClN2O6S2. The lowest BCUT2D eigenvalue weighted by molar-refractivity contribution is -0.139. The normalized spacial score (nSPS) is 14.9. The maximum absolute atomic E-state index is 14.1. The number of halogens is 1. The molecule has 218 valence electrons. The zero-order chi connectivity index (χ0) is 29.8. The first kappa shape index (κ1) is 29.8. The third-order valence-electron chi connectivity index (χ3n) is 6.53. The topological polar surface area (TPSA) is 92.3 Å². The van der Waals surface area contributed by atoms with E-state index in [1.807, 2.05) is 43.3 Å². The van der Waals surface area contributed by atoms with Crippen LogP contribution in [-0.4, -0.2) is 31.4 Å². The van der Waals surface area contributed by atoms with Crippen LogP contribution >= 0.6 is 34.7 Å². The number of carbonyl (C=O) groups excluding carboxylic acids is 1. The van der Waals surface area contributed by atoms with Crippen molar-refractivity contribution in [3.63, 3.8) is 0 Å². The van der Waals surface area contributed by atoms with Crippen LogP contribution in [0.4, 0.5) is 0 Å². The largest absolute Gasteiger partial charge is 0.497 e. The number of rotatable bonds is 10. The second-order valence-corrected chi connectivity index (χ2v) is 11.8. The van der Waals surface area contributed by atoms with Crippen molar-refractivity contribution in [1.29, 1.82) is 0 Å². The average molecular weight is 625 g/mol. The van der Waals surface area contributed by atoms with E-state index >= 15 is 0 Å². The van der Waals surface area contributed by atoms with Gasteiger partial charge in [-0.05, 0) is 67.9 Å². The second kappa shape index (κ2) is 13.1. The monoisotopic (exact) mass is 624 g/mol. The first-order chi connectivity index (χ1) is 20.4. The first-order valence-corrected chi connectivity index (χ1v) is 15.3. The van der Waals surface area contributed by atoms with Gasteiger partial charge < -0.3 is 18.6 Å². The van der Waals surface area contributed by atoms with E-state index in [1.54, 1.807) is 45.4 Å². The second-order valence-electron chi connectivity index (χ2n) is 9.23. The Morgan fingerprint density at radius 3 is 2.60 bits per heavy atom. The Morgan fingerprint density at radius 1 is 1.12 bits per heavy atom. The molecule has 0 bridgehead atoms. The van der Waals surface area contributed by atoms with Gasteiger partial charge in [0.2, 0.25) is 0 Å². The molecule has 0 unspecified atom stereocenters. The van der Waals surface area contributed by atoms with E-state index in [1.165, 1.54) is 27.7 Å². The number of allylic oxidation sites excluding steroid dienone is 1. The lowest BCUT2D eigenvalue weighted by Gasteiger charge is -2.27. The van der Waals surface area contributed by atoms with Gasteiger partial charge in [-0.2, -0.15) is 0 Å². The Kier molecular flexibility index (Phi) is 9.25. The molecule has 0 fully saturated rings. The van der Waals surface area contributed by atoms with Gasteiger partial charge in [0, 0.05) is 21.6 Å². The molecular weight excluding hydrogens is 596 g/mol. The molecule has 42 heavy (non-hydrogen) atoms. The number of benzene rings is 2. The van der Waals surface area contributed by atoms with Crippen molar-refractivity contribution >= 4 is 46.7 Å². The van der Waals surface area contributed by atoms with Crippen molar-refractivity contribution in [2.75, 3.05) is 20.8 Å². The number of methoxy groups -OCH3 is 2. The molecule has 11 heteroatoms. The van der Waals surface area contributed by atoms with Gasteiger partial charge in [0.15, 0.2) is 9.89 Å². The molecule has 4 aromatic rings. The minimum absolute atomic E-state index is 0.184. The van der Waals surface area contributed by atoms with Crippen LogP contribution in [0.25, 0.3) is 6.08 Å². The SMILES string of the molecule is CCCC1=C(C(=O)OCC)[C@@H](c2cc(OC)ccc2OC)n2c(s/c(=C/c3ccc(Sc4ccc(Cl)cc4)o3)c2=O)=N1. The lowest BCUT2D eigenvalue weighted by Crippen LogP contribution is -2.40. The van der Waals surface area contributed by atoms with E-state index in [0.717, 1.165) is 11.3 Å². The number of carbonyl (C=O) groups is 1. The molecule has 0 saturated carbocycles. The predicted molar refractivity (Wildman–Crippen MR) is 163 cm³/mol. The number of nitrogens with zero attached hydrogens (tertiary/aromatic N) is 2. The van der Waals surface area contributed by atoms with Gasteiger partial charge in [0.1, 0.15) is 23.3 Å². The van der Waals surface area contributed by atoms with Crippen molar-refractivity contribution in [1.82, 2.24) is 4.57 Å². The van der Waals surface area contributed by atoms with Gasteiger partial charge in [0.05, 0.1) is 36.6 Å². The number of furan rings is 1. The van der Waals surface area contributed by atoms with Crippen molar-refractivity contribution in [3.8, 4) is 11.5 Å². The van der Waals surface area contributed by atoms with Gasteiger partial charge in [-0.15, -0.1) is 0 Å². The molecule has 8 nitrogen and oxygen atoms in total. The summed E-state index contributed by atoms with van der Waals surface area (Å²) in [6.45, 7) is 3.94. The highest BCUT2D eigenvalue weighted by Gasteiger charge is 2.36. The summed E-state index contributed by atoms with van der Waals surface area (Å²) in [5.74, 6) is 1.06. The minimum Gasteiger partial charge on any atom is -0.497 e. The lowest BCUT2D eigenvalue weighted by atomic mass is 9.93. The van der Waals surface area contributed by atoms with Crippen LogP contribution in [0.3, 0.4) is 0 Å². The molecule has 2 aromatic carbocycles. The van der Waals surface area contributed by atoms with Crippen LogP contribution in [0.15, 0.2) is 90.1 Å². The zero-order valence-electron chi connectivity index (χ0n) is 23.5. The minimum atomic E-state index is -0.832. The Balaban J connectivity index is 1.66. The molecule has 3 heterocycles. The van der Waals surface area contributed by atoms with E-state index < -0.39 is 12.0 Å². The number of hydrogen-bond donors (Lipinski definition) is 0. The third kappa shape index (κ3) is 6.06. The van der Waals surface area contributed by atoms with Crippen molar-refractivity contribution in [3.05, 3.63) is 102 Å². The molecule has 0 N–H and O–H groups in total. The van der Waals surface area contributed by atoms with Crippen LogP contribution in [0.5, 0.6) is 11.5 Å². The molecule has 0 saturated heterocycles. The molecule has 0 spiro atoms. The summed E-state index contributed by atoms with van der Waals surface area (Å²) in [4.78, 5) is 33.8. The number of fused-ring (bicyclic) bond motifs is 1. The summed E-state index contributed by atoms with van der Waals surface area (Å²) in [5, 5.41) is 1.33. The Labute approximate surface area is 255 Å². The predicted octanol–water partition coefficient (Wildman–Crippen LogP) is 5.99. The number of ether oxygens (including phenoxy) is 3. The maximum atomic E-state index is 14.1. The highest BCUT2D eigenvalue weighted by Crippen LogP contribution is 2.39. The summed E-state index contributed by atoms with van der Waals surface area (Å²) >= 11 is 8.69. The molecule has 1 atom stereocenters. The summed E-state index contributed by atoms with van der Waals surface area (Å²) in [6, 6.07) is 15.6. The van der Waals surface area contributed by atoms with Gasteiger partial charge in [0.25, 0.3) is 5.56 Å². The Morgan fingerprint density at radius 2 is 1.90 bits per heavy atom. The number of hydrogen-bond acceptors (Lipinski definition) is 9. The van der Waals surface area contributed by atoms with Gasteiger partial charge in [-0.25, -0.2) is 9.79 Å². The van der Waals surface area contributed by atoms with Crippen molar-refractivity contribution < 1.29 is 23.4 Å². The van der Waals surface area contributed by atoms with Gasteiger partial charge in [-0.1, -0.05) is 48.0 Å². The highest BCUT2D eigenvalue weighted by molar-refractivity contribution is 7.99. The van der Waals surface area contributed by atoms with E-state index in [0.29, 0.717) is 60.0 Å². The average Bonchev–Trinajstić information content (AvgIpc) is 3.56. The summed E-state index contributed by atoms with van der Waals surface area (Å²) in [5.41, 5.74) is 1.17. The molecule has 1 aliphatic rings. The summed E-state index contributed by atoms with van der Waals surface area (Å²) in [7, 11) is 3.11. The molecule has 2 aromatic heterocycles. The number of esters is 1. The van der Waals surface area contributed by atoms with Crippen LogP contribution in [0.2, 0.25) is 5.02 Å². The fourth-order valence-corrected chi connectivity index (χ4v) is 6.59. The number of aromatic nitrogens is 1. The fourth-order valence-electron chi connectivity index (χ4n) is 4.68. The van der Waals surface area contributed by atoms with E-state index in [4.69, 9.17) is 35.2 Å². The Bertz CT molecular complexity index is 1820. The van der Waals surface area contributed by atoms with Crippen LogP contribution < -0.4 is 24.4 Å². The quantitative estimate of drug-likeness (QED) is 0.200. The molecule has 5 rings (SSSR count). The third-order valence-corrected chi connectivity index (χ3v) is 8.69. The van der Waals surface area contributed by atoms with Crippen molar-refractivity contribution in [2.45, 2.75) is 42.7 Å². The summed E-state index contributed by atoms with van der Waals surface area (Å²) in [6.07, 6.45) is 2.98. The van der Waals surface area contributed by atoms with Gasteiger partial charge >= 0.3 is 5.97 Å². The number of thiazole rings is 1. The highest BCUT2D eigenvalue weighted by atomic mass is 35.5. The molecule has 0 radical (unpaired) electrons. The molecule has 0 amide bonds. The molecule has 1 aliphatic heterocycles. The van der Waals surface area contributed by atoms with Crippen molar-refractivity contribution in [2.24, 2.45) is 4.99 Å². The van der Waals surface area contributed by atoms with E-state index in [9.17, 15) is 9.59 Å². The fraction of sp³-hybridized carbons (Fsp3) is 0.258. The zero-order valence-corrected chi connectivity index (χ0v) is 25.9.